The van der Waals surface area contributed by atoms with E-state index in [1.807, 2.05) is 55.1 Å². The Hall–Kier alpha value is -2.91. The van der Waals surface area contributed by atoms with Gasteiger partial charge in [-0.15, -0.1) is 10.2 Å². The van der Waals surface area contributed by atoms with Gasteiger partial charge in [0.2, 0.25) is 11.1 Å². The number of thioether (sulfide) groups is 1. The molecule has 1 aliphatic rings. The number of halogens is 1. The molecule has 0 aliphatic carbocycles. The van der Waals surface area contributed by atoms with E-state index in [4.69, 9.17) is 22.2 Å². The van der Waals surface area contributed by atoms with E-state index in [1.165, 1.54) is 16.4 Å². The fourth-order valence-electron chi connectivity index (χ4n) is 3.77. The number of nitrogen functional groups attached to an aromatic ring is 1. The van der Waals surface area contributed by atoms with Crippen molar-refractivity contribution in [2.45, 2.75) is 25.6 Å². The molecule has 0 spiro atoms. The van der Waals surface area contributed by atoms with Gasteiger partial charge in [0.1, 0.15) is 12.4 Å². The number of rotatable bonds is 7. The molecule has 174 valence electrons. The summed E-state index contributed by atoms with van der Waals surface area (Å²) in [7, 11) is 0. The Kier molecular flexibility index (Phi) is 7.29. The third kappa shape index (κ3) is 5.91. The zero-order chi connectivity index (χ0) is 23.4. The number of piperazine rings is 1. The van der Waals surface area contributed by atoms with Crippen molar-refractivity contribution in [2.75, 3.05) is 42.7 Å². The smallest absolute Gasteiger partial charge is 0.233 e. The van der Waals surface area contributed by atoms with Gasteiger partial charge in [-0.25, -0.2) is 4.68 Å². The second kappa shape index (κ2) is 10.4. The van der Waals surface area contributed by atoms with E-state index in [-0.39, 0.29) is 18.3 Å². The van der Waals surface area contributed by atoms with Gasteiger partial charge in [0.05, 0.1) is 5.75 Å². The zero-order valence-corrected chi connectivity index (χ0v) is 20.3. The quantitative estimate of drug-likeness (QED) is 0.405. The van der Waals surface area contributed by atoms with Gasteiger partial charge in [-0.2, -0.15) is 0 Å². The van der Waals surface area contributed by atoms with Crippen LogP contribution in [0, 0.1) is 13.8 Å². The number of aryl methyl sites for hydroxylation is 2. The van der Waals surface area contributed by atoms with Crippen LogP contribution in [0.1, 0.15) is 17.0 Å². The van der Waals surface area contributed by atoms with E-state index < -0.39 is 0 Å². The molecule has 2 heterocycles. The Morgan fingerprint density at radius 3 is 2.52 bits per heavy atom. The lowest BCUT2D eigenvalue weighted by molar-refractivity contribution is -0.128. The minimum Gasteiger partial charge on any atom is -0.486 e. The van der Waals surface area contributed by atoms with Crippen molar-refractivity contribution in [1.82, 2.24) is 19.8 Å². The molecule has 0 saturated carbocycles. The second-order valence-corrected chi connectivity index (χ2v) is 9.40. The number of amides is 1. The van der Waals surface area contributed by atoms with Crippen LogP contribution in [0.4, 0.5) is 5.69 Å². The van der Waals surface area contributed by atoms with Gasteiger partial charge in [0, 0.05) is 36.9 Å². The maximum atomic E-state index is 12.7. The van der Waals surface area contributed by atoms with Crippen molar-refractivity contribution in [3.63, 3.8) is 0 Å². The van der Waals surface area contributed by atoms with E-state index in [9.17, 15) is 4.79 Å². The average molecular weight is 487 g/mol. The Morgan fingerprint density at radius 2 is 1.82 bits per heavy atom. The SMILES string of the molecule is Cc1cc(C)cc(OCc2nnc(SCC(=O)N3CCN(c4cccc(Cl)c4)CC3)n2N)c1. The number of nitrogens with zero attached hydrogens (tertiary/aromatic N) is 5. The topological polar surface area (TPSA) is 89.5 Å². The first kappa shape index (κ1) is 23.3. The van der Waals surface area contributed by atoms with Crippen molar-refractivity contribution in [1.29, 1.82) is 0 Å². The molecular weight excluding hydrogens is 460 g/mol. The van der Waals surface area contributed by atoms with Crippen LogP contribution in [0.25, 0.3) is 0 Å². The third-order valence-corrected chi connectivity index (χ3v) is 6.59. The Labute approximate surface area is 202 Å². The summed E-state index contributed by atoms with van der Waals surface area (Å²) in [4.78, 5) is 16.8. The molecule has 1 aromatic heterocycles. The molecule has 0 atom stereocenters. The van der Waals surface area contributed by atoms with Crippen molar-refractivity contribution in [3.05, 3.63) is 64.4 Å². The van der Waals surface area contributed by atoms with Gasteiger partial charge in [0.15, 0.2) is 5.82 Å². The van der Waals surface area contributed by atoms with Gasteiger partial charge < -0.3 is 20.4 Å². The molecule has 1 saturated heterocycles. The van der Waals surface area contributed by atoms with Crippen LogP contribution < -0.4 is 15.5 Å². The maximum absolute atomic E-state index is 12.7. The number of anilines is 1. The molecule has 1 amide bonds. The molecule has 0 unspecified atom stereocenters. The van der Waals surface area contributed by atoms with E-state index in [0.717, 1.165) is 35.7 Å². The van der Waals surface area contributed by atoms with Crippen LogP contribution >= 0.6 is 23.4 Å². The van der Waals surface area contributed by atoms with Crippen LogP contribution in [0.5, 0.6) is 5.75 Å². The minimum absolute atomic E-state index is 0.0572. The number of nitrogens with two attached hydrogens (primary N) is 1. The highest BCUT2D eigenvalue weighted by molar-refractivity contribution is 7.99. The summed E-state index contributed by atoms with van der Waals surface area (Å²) in [6.45, 7) is 7.11. The molecular formula is C23H27ClN6O2S. The lowest BCUT2D eigenvalue weighted by Gasteiger charge is -2.36. The van der Waals surface area contributed by atoms with Crippen LogP contribution in [0.15, 0.2) is 47.6 Å². The first-order chi connectivity index (χ1) is 15.9. The molecule has 33 heavy (non-hydrogen) atoms. The Morgan fingerprint density at radius 1 is 1.09 bits per heavy atom. The van der Waals surface area contributed by atoms with Gasteiger partial charge in [0.25, 0.3) is 0 Å². The first-order valence-corrected chi connectivity index (χ1v) is 12.1. The number of benzene rings is 2. The van der Waals surface area contributed by atoms with Gasteiger partial charge in [-0.3, -0.25) is 4.79 Å². The lowest BCUT2D eigenvalue weighted by atomic mass is 10.1. The largest absolute Gasteiger partial charge is 0.486 e. The molecule has 2 aromatic carbocycles. The van der Waals surface area contributed by atoms with Gasteiger partial charge in [-0.1, -0.05) is 35.5 Å². The van der Waals surface area contributed by atoms with E-state index in [1.54, 1.807) is 0 Å². The molecule has 10 heteroatoms. The van der Waals surface area contributed by atoms with E-state index >= 15 is 0 Å². The summed E-state index contributed by atoms with van der Waals surface area (Å²) in [6.07, 6.45) is 0. The standard InChI is InChI=1S/C23H27ClN6O2S/c1-16-10-17(2)12-20(11-16)32-14-21-26-27-23(30(21)25)33-15-22(31)29-8-6-28(7-9-29)19-5-3-4-18(24)13-19/h3-5,10-13H,6-9,14-15,25H2,1-2H3. The summed E-state index contributed by atoms with van der Waals surface area (Å²) in [6, 6.07) is 13.8. The fraction of sp³-hybridized carbons (Fsp3) is 0.348. The predicted molar refractivity (Wildman–Crippen MR) is 131 cm³/mol. The number of ether oxygens (including phenoxy) is 1. The van der Waals surface area contributed by atoms with Crippen molar-refractivity contribution in [3.8, 4) is 5.75 Å². The van der Waals surface area contributed by atoms with Crippen LogP contribution in [-0.4, -0.2) is 57.6 Å². The van der Waals surface area contributed by atoms with Crippen LogP contribution in [0.3, 0.4) is 0 Å². The summed E-state index contributed by atoms with van der Waals surface area (Å²) >= 11 is 7.38. The second-order valence-electron chi connectivity index (χ2n) is 8.02. The van der Waals surface area contributed by atoms with Gasteiger partial charge >= 0.3 is 0 Å². The van der Waals surface area contributed by atoms with Crippen molar-refractivity contribution >= 4 is 35.0 Å². The fourth-order valence-corrected chi connectivity index (χ4v) is 4.74. The summed E-state index contributed by atoms with van der Waals surface area (Å²) < 4.78 is 7.21. The normalized spacial score (nSPS) is 13.9. The van der Waals surface area contributed by atoms with E-state index in [0.29, 0.717) is 29.1 Å². The zero-order valence-electron chi connectivity index (χ0n) is 18.7. The molecule has 8 nitrogen and oxygen atoms in total. The molecule has 0 radical (unpaired) electrons. The Balaban J connectivity index is 1.26. The summed E-state index contributed by atoms with van der Waals surface area (Å²) in [5, 5.41) is 9.44. The highest BCUT2D eigenvalue weighted by Gasteiger charge is 2.22. The highest BCUT2D eigenvalue weighted by atomic mass is 35.5. The van der Waals surface area contributed by atoms with Crippen LogP contribution in [-0.2, 0) is 11.4 Å². The highest BCUT2D eigenvalue weighted by Crippen LogP contribution is 2.22. The molecule has 4 rings (SSSR count). The van der Waals surface area contributed by atoms with Crippen molar-refractivity contribution < 1.29 is 9.53 Å². The number of carbonyl (C=O) groups is 1. The molecule has 0 bridgehead atoms. The van der Waals surface area contributed by atoms with Gasteiger partial charge in [-0.05, 0) is 55.3 Å². The molecule has 2 N–H and O–H groups in total. The van der Waals surface area contributed by atoms with Crippen LogP contribution in [0.2, 0.25) is 5.02 Å². The predicted octanol–water partition coefficient (Wildman–Crippen LogP) is 3.28. The monoisotopic (exact) mass is 486 g/mol. The minimum atomic E-state index is 0.0572. The van der Waals surface area contributed by atoms with E-state index in [2.05, 4.69) is 21.2 Å². The van der Waals surface area contributed by atoms with Crippen molar-refractivity contribution in [2.24, 2.45) is 0 Å². The summed E-state index contributed by atoms with van der Waals surface area (Å²) in [5.74, 6) is 7.71. The maximum Gasteiger partial charge on any atom is 0.233 e. The Bertz CT molecular complexity index is 1110. The third-order valence-electron chi connectivity index (χ3n) is 5.43. The average Bonchev–Trinajstić information content (AvgIpc) is 3.15. The number of aromatic nitrogens is 3. The lowest BCUT2D eigenvalue weighted by Crippen LogP contribution is -2.49. The molecule has 1 fully saturated rings. The first-order valence-electron chi connectivity index (χ1n) is 10.7. The molecule has 1 aliphatic heterocycles. The number of hydrogen-bond donors (Lipinski definition) is 1. The number of carbonyl (C=O) groups excluding carboxylic acids is 1. The summed E-state index contributed by atoms with van der Waals surface area (Å²) in [5.41, 5.74) is 3.33. The number of hydrogen-bond acceptors (Lipinski definition) is 7. The molecule has 3 aromatic rings.